The van der Waals surface area contributed by atoms with Gasteiger partial charge in [0.15, 0.2) is 5.78 Å². The molecule has 1 unspecified atom stereocenters. The van der Waals surface area contributed by atoms with Crippen LogP contribution in [0.25, 0.3) is 0 Å². The van der Waals surface area contributed by atoms with Gasteiger partial charge in [0.1, 0.15) is 18.5 Å². The van der Waals surface area contributed by atoms with Crippen molar-refractivity contribution in [1.29, 1.82) is 0 Å². The second-order valence-electron chi connectivity index (χ2n) is 4.95. The summed E-state index contributed by atoms with van der Waals surface area (Å²) in [5, 5.41) is 0. The van der Waals surface area contributed by atoms with E-state index < -0.39 is 0 Å². The van der Waals surface area contributed by atoms with Crippen LogP contribution in [0.4, 0.5) is 0 Å². The van der Waals surface area contributed by atoms with Crippen molar-refractivity contribution in [2.45, 2.75) is 20.0 Å². The lowest BCUT2D eigenvalue weighted by Crippen LogP contribution is -2.20. The molecule has 0 bridgehead atoms. The van der Waals surface area contributed by atoms with Gasteiger partial charge in [0, 0.05) is 18.1 Å². The molecule has 0 N–H and O–H groups in total. The van der Waals surface area contributed by atoms with Crippen LogP contribution < -0.4 is 4.74 Å². The summed E-state index contributed by atoms with van der Waals surface area (Å²) in [6.07, 6.45) is -0.317. The van der Waals surface area contributed by atoms with Crippen molar-refractivity contribution in [3.05, 3.63) is 65.7 Å². The molecular formula is C18H18O4. The molecule has 0 aromatic heterocycles. The zero-order valence-corrected chi connectivity index (χ0v) is 12.6. The van der Waals surface area contributed by atoms with E-state index in [0.717, 1.165) is 0 Å². The number of ether oxygens (including phenoxy) is 2. The smallest absolute Gasteiger partial charge is 0.303 e. The molecule has 1 atom stereocenters. The summed E-state index contributed by atoms with van der Waals surface area (Å²) in [4.78, 5) is 23.1. The maximum atomic E-state index is 12.2. The summed E-state index contributed by atoms with van der Waals surface area (Å²) in [5.74, 6) is 0.268. The molecule has 0 radical (unpaired) electrons. The van der Waals surface area contributed by atoms with Crippen molar-refractivity contribution in [3.63, 3.8) is 0 Å². The minimum Gasteiger partial charge on any atom is -0.490 e. The van der Waals surface area contributed by atoms with E-state index in [2.05, 4.69) is 0 Å². The Morgan fingerprint density at radius 1 is 0.955 bits per heavy atom. The maximum absolute atomic E-state index is 12.2. The van der Waals surface area contributed by atoms with Gasteiger partial charge >= 0.3 is 5.97 Å². The van der Waals surface area contributed by atoms with Gasteiger partial charge in [0.2, 0.25) is 0 Å². The van der Waals surface area contributed by atoms with Gasteiger partial charge < -0.3 is 9.47 Å². The van der Waals surface area contributed by atoms with E-state index in [0.29, 0.717) is 16.9 Å². The molecule has 0 saturated carbocycles. The van der Waals surface area contributed by atoms with Crippen LogP contribution in [0, 0.1) is 0 Å². The highest BCUT2D eigenvalue weighted by Gasteiger charge is 2.09. The van der Waals surface area contributed by atoms with Gasteiger partial charge in [-0.15, -0.1) is 0 Å². The molecule has 0 spiro atoms. The zero-order chi connectivity index (χ0) is 15.9. The van der Waals surface area contributed by atoms with E-state index in [4.69, 9.17) is 9.47 Å². The molecule has 0 aliphatic heterocycles. The van der Waals surface area contributed by atoms with Gasteiger partial charge in [-0.2, -0.15) is 0 Å². The van der Waals surface area contributed by atoms with Gasteiger partial charge in [-0.1, -0.05) is 30.3 Å². The second kappa shape index (κ2) is 7.41. The molecule has 2 rings (SSSR count). The molecule has 0 fully saturated rings. The normalized spacial score (nSPS) is 11.5. The molecule has 4 heteroatoms. The summed E-state index contributed by atoms with van der Waals surface area (Å²) in [5.41, 5.74) is 1.26. The predicted octanol–water partition coefficient (Wildman–Crippen LogP) is 3.25. The average molecular weight is 298 g/mol. The van der Waals surface area contributed by atoms with Gasteiger partial charge in [0.05, 0.1) is 0 Å². The highest BCUT2D eigenvalue weighted by Crippen LogP contribution is 2.16. The van der Waals surface area contributed by atoms with Crippen molar-refractivity contribution in [2.75, 3.05) is 6.61 Å². The Morgan fingerprint density at radius 3 is 2.14 bits per heavy atom. The molecule has 4 nitrogen and oxygen atoms in total. The molecule has 2 aromatic rings. The van der Waals surface area contributed by atoms with Crippen molar-refractivity contribution < 1.29 is 19.1 Å². The van der Waals surface area contributed by atoms with E-state index in [1.807, 2.05) is 18.2 Å². The van der Waals surface area contributed by atoms with Crippen LogP contribution in [0.15, 0.2) is 54.6 Å². The molecule has 0 aliphatic carbocycles. The first-order chi connectivity index (χ1) is 10.6. The van der Waals surface area contributed by atoms with Gasteiger partial charge in [0.25, 0.3) is 0 Å². The third kappa shape index (κ3) is 4.45. The highest BCUT2D eigenvalue weighted by molar-refractivity contribution is 6.08. The number of hydrogen-bond donors (Lipinski definition) is 0. The van der Waals surface area contributed by atoms with Gasteiger partial charge in [-0.3, -0.25) is 9.59 Å². The van der Waals surface area contributed by atoms with Gasteiger partial charge in [-0.25, -0.2) is 0 Å². The number of esters is 1. The number of carbonyl (C=O) groups excluding carboxylic acids is 2. The molecule has 0 amide bonds. The third-order valence-electron chi connectivity index (χ3n) is 3.00. The lowest BCUT2D eigenvalue weighted by atomic mass is 10.0. The highest BCUT2D eigenvalue weighted by atomic mass is 16.6. The number of carbonyl (C=O) groups is 2. The molecule has 114 valence electrons. The molecule has 22 heavy (non-hydrogen) atoms. The van der Waals surface area contributed by atoms with E-state index in [1.165, 1.54) is 6.92 Å². The zero-order valence-electron chi connectivity index (χ0n) is 12.6. The molecule has 0 saturated heterocycles. The summed E-state index contributed by atoms with van der Waals surface area (Å²) < 4.78 is 10.5. The third-order valence-corrected chi connectivity index (χ3v) is 3.00. The quantitative estimate of drug-likeness (QED) is 0.607. The van der Waals surface area contributed by atoms with Crippen molar-refractivity contribution in [1.82, 2.24) is 0 Å². The first kappa shape index (κ1) is 15.8. The fraction of sp³-hybridized carbons (Fsp3) is 0.222. The van der Waals surface area contributed by atoms with Crippen molar-refractivity contribution in [2.24, 2.45) is 0 Å². The standard InChI is InChI=1S/C18H18O4/c1-13(22-14(2)19)12-21-17-10-8-16(9-11-17)18(20)15-6-4-3-5-7-15/h3-11,13H,12H2,1-2H3. The van der Waals surface area contributed by atoms with Crippen LogP contribution in [-0.2, 0) is 9.53 Å². The van der Waals surface area contributed by atoms with E-state index in [9.17, 15) is 9.59 Å². The van der Waals surface area contributed by atoms with E-state index in [-0.39, 0.29) is 24.5 Å². The van der Waals surface area contributed by atoms with Crippen molar-refractivity contribution >= 4 is 11.8 Å². The van der Waals surface area contributed by atoms with E-state index in [1.54, 1.807) is 43.3 Å². The number of rotatable bonds is 6. The Morgan fingerprint density at radius 2 is 1.55 bits per heavy atom. The van der Waals surface area contributed by atoms with Gasteiger partial charge in [-0.05, 0) is 31.2 Å². The van der Waals surface area contributed by atoms with Crippen LogP contribution in [0.3, 0.4) is 0 Å². The average Bonchev–Trinajstić information content (AvgIpc) is 2.53. The first-order valence-corrected chi connectivity index (χ1v) is 7.06. The number of benzene rings is 2. The predicted molar refractivity (Wildman–Crippen MR) is 83.0 cm³/mol. The lowest BCUT2D eigenvalue weighted by molar-refractivity contribution is -0.146. The Labute approximate surface area is 129 Å². The fourth-order valence-corrected chi connectivity index (χ4v) is 1.99. The number of ketones is 1. The largest absolute Gasteiger partial charge is 0.490 e. The fourth-order valence-electron chi connectivity index (χ4n) is 1.99. The summed E-state index contributed by atoms with van der Waals surface area (Å²) in [6.45, 7) is 3.39. The molecule has 0 heterocycles. The summed E-state index contributed by atoms with van der Waals surface area (Å²) in [6, 6.07) is 16.0. The maximum Gasteiger partial charge on any atom is 0.303 e. The Kier molecular flexibility index (Phi) is 5.31. The topological polar surface area (TPSA) is 52.6 Å². The van der Waals surface area contributed by atoms with Crippen LogP contribution in [-0.4, -0.2) is 24.5 Å². The molecule has 0 aliphatic rings. The van der Waals surface area contributed by atoms with Crippen molar-refractivity contribution in [3.8, 4) is 5.75 Å². The van der Waals surface area contributed by atoms with Crippen LogP contribution in [0.2, 0.25) is 0 Å². The van der Waals surface area contributed by atoms with E-state index >= 15 is 0 Å². The minimum atomic E-state index is -0.333. The number of hydrogen-bond acceptors (Lipinski definition) is 4. The van der Waals surface area contributed by atoms with Crippen LogP contribution in [0.1, 0.15) is 29.8 Å². The summed E-state index contributed by atoms with van der Waals surface area (Å²) in [7, 11) is 0. The Hall–Kier alpha value is -2.62. The summed E-state index contributed by atoms with van der Waals surface area (Å²) >= 11 is 0. The SMILES string of the molecule is CC(=O)OC(C)COc1ccc(C(=O)c2ccccc2)cc1. The first-order valence-electron chi connectivity index (χ1n) is 7.06. The minimum absolute atomic E-state index is 0.0274. The second-order valence-corrected chi connectivity index (χ2v) is 4.95. The lowest BCUT2D eigenvalue weighted by Gasteiger charge is -2.13. The monoisotopic (exact) mass is 298 g/mol. The van der Waals surface area contributed by atoms with Crippen LogP contribution in [0.5, 0.6) is 5.75 Å². The Bertz CT molecular complexity index is 632. The van der Waals surface area contributed by atoms with Crippen LogP contribution >= 0.6 is 0 Å². The molecular weight excluding hydrogens is 280 g/mol. The molecule has 2 aromatic carbocycles. The Balaban J connectivity index is 1.96.